The Labute approximate surface area is 126 Å². The summed E-state index contributed by atoms with van der Waals surface area (Å²) in [5.74, 6) is 0.542. The van der Waals surface area contributed by atoms with Gasteiger partial charge < -0.3 is 4.74 Å². The summed E-state index contributed by atoms with van der Waals surface area (Å²) in [4.78, 5) is 12.1. The van der Waals surface area contributed by atoms with Crippen molar-refractivity contribution in [2.45, 2.75) is 27.7 Å². The highest BCUT2D eigenvalue weighted by molar-refractivity contribution is 9.10. The predicted octanol–water partition coefficient (Wildman–Crippen LogP) is 3.60. The van der Waals surface area contributed by atoms with Gasteiger partial charge >= 0.3 is 0 Å². The third-order valence-electron chi connectivity index (χ3n) is 3.38. The number of carbonyl (C=O) groups excluding carboxylic acids is 1. The van der Waals surface area contributed by atoms with Gasteiger partial charge in [0.2, 0.25) is 0 Å². The number of halogens is 1. The number of benzene rings is 1. The number of carbonyl (C=O) groups is 1. The molecule has 0 saturated heterocycles. The first-order chi connectivity index (χ1) is 9.40. The van der Waals surface area contributed by atoms with Gasteiger partial charge in [-0.05, 0) is 57.0 Å². The lowest BCUT2D eigenvalue weighted by Gasteiger charge is -2.09. The molecule has 2 aromatic rings. The van der Waals surface area contributed by atoms with E-state index in [0.717, 1.165) is 27.0 Å². The highest BCUT2D eigenvalue weighted by Crippen LogP contribution is 2.22. The summed E-state index contributed by atoms with van der Waals surface area (Å²) < 4.78 is 7.99. The molecule has 0 fully saturated rings. The Kier molecular flexibility index (Phi) is 4.28. The molecule has 1 heterocycles. The summed E-state index contributed by atoms with van der Waals surface area (Å²) >= 11 is 3.40. The number of hydrogen-bond donors (Lipinski definition) is 0. The van der Waals surface area contributed by atoms with E-state index in [0.29, 0.717) is 5.75 Å². The molecule has 0 amide bonds. The Hall–Kier alpha value is -1.62. The number of aromatic nitrogens is 2. The first-order valence-electron chi connectivity index (χ1n) is 6.35. The lowest BCUT2D eigenvalue weighted by Crippen LogP contribution is -2.22. The molecule has 1 aromatic carbocycles. The van der Waals surface area contributed by atoms with Crippen LogP contribution in [0.25, 0.3) is 0 Å². The SMILES string of the molecule is Cc1cc(Br)ccc1OCC(=O)n1nc(C)c(C)c1C. The zero-order chi connectivity index (χ0) is 14.9. The van der Waals surface area contributed by atoms with Crippen LogP contribution < -0.4 is 4.74 Å². The molecule has 0 unspecified atom stereocenters. The fraction of sp³-hybridized carbons (Fsp3) is 0.333. The van der Waals surface area contributed by atoms with Crippen molar-refractivity contribution in [2.75, 3.05) is 6.61 Å². The minimum absolute atomic E-state index is 0.0239. The van der Waals surface area contributed by atoms with Gasteiger partial charge in [0.15, 0.2) is 6.61 Å². The van der Waals surface area contributed by atoms with E-state index in [2.05, 4.69) is 21.0 Å². The molecule has 5 heteroatoms. The monoisotopic (exact) mass is 336 g/mol. The average molecular weight is 337 g/mol. The minimum Gasteiger partial charge on any atom is -0.483 e. The van der Waals surface area contributed by atoms with Gasteiger partial charge in [-0.25, -0.2) is 4.68 Å². The van der Waals surface area contributed by atoms with E-state index >= 15 is 0 Å². The van der Waals surface area contributed by atoms with Crippen LogP contribution >= 0.6 is 15.9 Å². The number of hydrogen-bond acceptors (Lipinski definition) is 3. The van der Waals surface area contributed by atoms with E-state index in [9.17, 15) is 4.79 Å². The van der Waals surface area contributed by atoms with Crippen molar-refractivity contribution in [1.82, 2.24) is 9.78 Å². The molecule has 0 radical (unpaired) electrons. The molecule has 0 aliphatic carbocycles. The van der Waals surface area contributed by atoms with Crippen LogP contribution in [0.5, 0.6) is 5.75 Å². The Balaban J connectivity index is 2.10. The molecule has 4 nitrogen and oxygen atoms in total. The van der Waals surface area contributed by atoms with Crippen LogP contribution in [0.4, 0.5) is 0 Å². The Morgan fingerprint density at radius 3 is 2.55 bits per heavy atom. The third kappa shape index (κ3) is 2.93. The standard InChI is InChI=1S/C15H17BrN2O2/c1-9-7-13(16)5-6-14(9)20-8-15(19)18-12(4)10(2)11(3)17-18/h5-7H,8H2,1-4H3. The second-order valence-electron chi connectivity index (χ2n) is 4.80. The van der Waals surface area contributed by atoms with Crippen molar-refractivity contribution >= 4 is 21.8 Å². The average Bonchev–Trinajstić information content (AvgIpc) is 2.65. The number of nitrogens with zero attached hydrogens (tertiary/aromatic N) is 2. The smallest absolute Gasteiger partial charge is 0.284 e. The van der Waals surface area contributed by atoms with E-state index in [1.807, 2.05) is 45.9 Å². The maximum atomic E-state index is 12.1. The predicted molar refractivity (Wildman–Crippen MR) is 81.4 cm³/mol. The zero-order valence-corrected chi connectivity index (χ0v) is 13.6. The molecule has 0 saturated carbocycles. The van der Waals surface area contributed by atoms with Crippen LogP contribution in [-0.2, 0) is 0 Å². The first-order valence-corrected chi connectivity index (χ1v) is 7.14. The van der Waals surface area contributed by atoms with E-state index < -0.39 is 0 Å². The maximum Gasteiger partial charge on any atom is 0.284 e. The second kappa shape index (κ2) is 5.79. The van der Waals surface area contributed by atoms with Crippen molar-refractivity contribution in [3.8, 4) is 5.75 Å². The zero-order valence-electron chi connectivity index (χ0n) is 12.0. The van der Waals surface area contributed by atoms with E-state index in [1.54, 1.807) is 0 Å². The molecule has 0 aliphatic rings. The van der Waals surface area contributed by atoms with Crippen molar-refractivity contribution in [1.29, 1.82) is 0 Å². The Morgan fingerprint density at radius 2 is 2.00 bits per heavy atom. The highest BCUT2D eigenvalue weighted by Gasteiger charge is 2.14. The Bertz CT molecular complexity index is 662. The third-order valence-corrected chi connectivity index (χ3v) is 3.87. The van der Waals surface area contributed by atoms with Crippen molar-refractivity contribution in [3.05, 3.63) is 45.2 Å². The van der Waals surface area contributed by atoms with Gasteiger partial charge in [0.05, 0.1) is 5.69 Å². The highest BCUT2D eigenvalue weighted by atomic mass is 79.9. The molecule has 2 rings (SSSR count). The van der Waals surface area contributed by atoms with Gasteiger partial charge in [-0.1, -0.05) is 15.9 Å². The van der Waals surface area contributed by atoms with Crippen molar-refractivity contribution < 1.29 is 9.53 Å². The molecular formula is C15H17BrN2O2. The van der Waals surface area contributed by atoms with Crippen LogP contribution in [0.3, 0.4) is 0 Å². The summed E-state index contributed by atoms with van der Waals surface area (Å²) in [5, 5.41) is 4.24. The maximum absolute atomic E-state index is 12.1. The lowest BCUT2D eigenvalue weighted by atomic mass is 10.2. The molecule has 0 aliphatic heterocycles. The number of rotatable bonds is 3. The lowest BCUT2D eigenvalue weighted by molar-refractivity contribution is 0.0817. The molecule has 0 atom stereocenters. The topological polar surface area (TPSA) is 44.1 Å². The van der Waals surface area contributed by atoms with Crippen LogP contribution in [0.1, 0.15) is 27.3 Å². The van der Waals surface area contributed by atoms with Gasteiger partial charge in [-0.2, -0.15) is 5.10 Å². The van der Waals surface area contributed by atoms with Gasteiger partial charge in [0, 0.05) is 10.2 Å². The van der Waals surface area contributed by atoms with Gasteiger partial charge in [0.25, 0.3) is 5.91 Å². The molecule has 0 N–H and O–H groups in total. The second-order valence-corrected chi connectivity index (χ2v) is 5.72. The number of ether oxygens (including phenoxy) is 1. The largest absolute Gasteiger partial charge is 0.483 e. The quantitative estimate of drug-likeness (QED) is 0.860. The van der Waals surface area contributed by atoms with Crippen LogP contribution in [0.2, 0.25) is 0 Å². The van der Waals surface area contributed by atoms with Crippen LogP contribution in [0, 0.1) is 27.7 Å². The van der Waals surface area contributed by atoms with Crippen molar-refractivity contribution in [3.63, 3.8) is 0 Å². The minimum atomic E-state index is -0.166. The molecule has 0 spiro atoms. The fourth-order valence-corrected chi connectivity index (χ4v) is 2.41. The summed E-state index contributed by atoms with van der Waals surface area (Å²) in [7, 11) is 0. The van der Waals surface area contributed by atoms with Crippen molar-refractivity contribution in [2.24, 2.45) is 0 Å². The normalized spacial score (nSPS) is 10.7. The molecule has 1 aromatic heterocycles. The summed E-state index contributed by atoms with van der Waals surface area (Å²) in [6, 6.07) is 5.69. The molecule has 0 bridgehead atoms. The van der Waals surface area contributed by atoms with E-state index in [1.165, 1.54) is 4.68 Å². The number of aryl methyl sites for hydroxylation is 2. The van der Waals surface area contributed by atoms with Gasteiger partial charge in [-0.15, -0.1) is 0 Å². The van der Waals surface area contributed by atoms with Crippen LogP contribution in [-0.4, -0.2) is 22.3 Å². The van der Waals surface area contributed by atoms with E-state index in [4.69, 9.17) is 4.74 Å². The molecule has 20 heavy (non-hydrogen) atoms. The van der Waals surface area contributed by atoms with Crippen LogP contribution in [0.15, 0.2) is 22.7 Å². The first kappa shape index (κ1) is 14.8. The molecule has 106 valence electrons. The van der Waals surface area contributed by atoms with Gasteiger partial charge in [-0.3, -0.25) is 4.79 Å². The molecular weight excluding hydrogens is 320 g/mol. The fourth-order valence-electron chi connectivity index (χ4n) is 1.94. The summed E-state index contributed by atoms with van der Waals surface area (Å²) in [5.41, 5.74) is 3.76. The summed E-state index contributed by atoms with van der Waals surface area (Å²) in [6.45, 7) is 7.66. The van der Waals surface area contributed by atoms with Gasteiger partial charge in [0.1, 0.15) is 5.75 Å². The van der Waals surface area contributed by atoms with E-state index in [-0.39, 0.29) is 12.5 Å². The summed E-state index contributed by atoms with van der Waals surface area (Å²) in [6.07, 6.45) is 0. The Morgan fingerprint density at radius 1 is 1.30 bits per heavy atom.